The number of carboxylic acid groups (broad SMARTS) is 2. The van der Waals surface area contributed by atoms with Crippen LogP contribution in [0.3, 0.4) is 0 Å². The first-order chi connectivity index (χ1) is 6.52. The van der Waals surface area contributed by atoms with E-state index in [1.165, 1.54) is 0 Å². The van der Waals surface area contributed by atoms with Crippen molar-refractivity contribution in [3.05, 3.63) is 11.8 Å². The van der Waals surface area contributed by atoms with Gasteiger partial charge in [0.2, 0.25) is 0 Å². The van der Waals surface area contributed by atoms with Gasteiger partial charge in [-0.15, -0.1) is 0 Å². The fourth-order valence-electron chi connectivity index (χ4n) is 1.53. The summed E-state index contributed by atoms with van der Waals surface area (Å²) in [6.07, 6.45) is 0.584. The SMILES string of the molecule is O=C(O)/C=C(\O)[C@@H]1CCCN1C(=O)O. The zero-order chi connectivity index (χ0) is 10.7. The molecule has 0 aromatic rings. The van der Waals surface area contributed by atoms with Crippen LogP contribution in [0, 0.1) is 0 Å². The standard InChI is InChI=1S/C8H11NO5/c10-6(4-7(11)12)5-2-1-3-9(5)8(13)14/h4-5,10H,1-3H2,(H,11,12)(H,13,14)/b6-4-/t5-/m0/s1. The number of carboxylic acids is 1. The van der Waals surface area contributed by atoms with Crippen molar-refractivity contribution in [1.82, 2.24) is 4.90 Å². The fourth-order valence-corrected chi connectivity index (χ4v) is 1.53. The van der Waals surface area contributed by atoms with Gasteiger partial charge >= 0.3 is 12.1 Å². The van der Waals surface area contributed by atoms with E-state index < -0.39 is 23.9 Å². The Morgan fingerprint density at radius 3 is 2.43 bits per heavy atom. The van der Waals surface area contributed by atoms with Crippen LogP contribution in [0.1, 0.15) is 12.8 Å². The number of aliphatic hydroxyl groups is 1. The molecule has 6 nitrogen and oxygen atoms in total. The lowest BCUT2D eigenvalue weighted by molar-refractivity contribution is -0.131. The molecule has 1 rings (SSSR count). The summed E-state index contributed by atoms with van der Waals surface area (Å²) in [4.78, 5) is 21.9. The minimum atomic E-state index is -1.28. The van der Waals surface area contributed by atoms with Crippen LogP contribution in [0.15, 0.2) is 11.8 Å². The van der Waals surface area contributed by atoms with Crippen LogP contribution in [0.5, 0.6) is 0 Å². The number of aliphatic hydroxyl groups excluding tert-OH is 1. The van der Waals surface area contributed by atoms with Crippen molar-refractivity contribution in [2.45, 2.75) is 18.9 Å². The number of hydrogen-bond acceptors (Lipinski definition) is 3. The average molecular weight is 201 g/mol. The van der Waals surface area contributed by atoms with Crippen LogP contribution < -0.4 is 0 Å². The predicted octanol–water partition coefficient (Wildman–Crippen LogP) is 0.655. The molecule has 0 radical (unpaired) electrons. The van der Waals surface area contributed by atoms with Gasteiger partial charge < -0.3 is 15.3 Å². The zero-order valence-electron chi connectivity index (χ0n) is 7.38. The second-order valence-electron chi connectivity index (χ2n) is 3.04. The van der Waals surface area contributed by atoms with E-state index in [0.29, 0.717) is 25.5 Å². The minimum absolute atomic E-state index is 0.331. The number of aliphatic carboxylic acids is 1. The van der Waals surface area contributed by atoms with Gasteiger partial charge in [-0.25, -0.2) is 9.59 Å². The first-order valence-corrected chi connectivity index (χ1v) is 4.15. The van der Waals surface area contributed by atoms with Gasteiger partial charge in [0.1, 0.15) is 5.76 Å². The molecule has 14 heavy (non-hydrogen) atoms. The van der Waals surface area contributed by atoms with E-state index in [1.807, 2.05) is 0 Å². The molecule has 0 unspecified atom stereocenters. The highest BCUT2D eigenvalue weighted by molar-refractivity contribution is 5.80. The quantitative estimate of drug-likeness (QED) is 0.450. The van der Waals surface area contributed by atoms with E-state index in [0.717, 1.165) is 4.90 Å². The van der Waals surface area contributed by atoms with Gasteiger partial charge in [-0.3, -0.25) is 4.90 Å². The van der Waals surface area contributed by atoms with Gasteiger partial charge in [0.05, 0.1) is 12.1 Å². The number of amides is 1. The summed E-state index contributed by atoms with van der Waals surface area (Å²) < 4.78 is 0. The third kappa shape index (κ3) is 2.15. The molecule has 6 heteroatoms. The summed E-state index contributed by atoms with van der Waals surface area (Å²) >= 11 is 0. The molecule has 1 aliphatic heterocycles. The first-order valence-electron chi connectivity index (χ1n) is 4.15. The Kier molecular flexibility index (Phi) is 2.95. The van der Waals surface area contributed by atoms with E-state index in [-0.39, 0.29) is 0 Å². The Morgan fingerprint density at radius 2 is 1.93 bits per heavy atom. The molecule has 0 aromatic carbocycles. The Balaban J connectivity index is 2.76. The number of rotatable bonds is 2. The summed E-state index contributed by atoms with van der Waals surface area (Å²) in [6, 6.07) is -0.705. The van der Waals surface area contributed by atoms with Crippen LogP contribution in [0.4, 0.5) is 4.79 Å². The van der Waals surface area contributed by atoms with Gasteiger partial charge in [0.25, 0.3) is 0 Å². The summed E-state index contributed by atoms with van der Waals surface area (Å²) in [7, 11) is 0. The maximum absolute atomic E-state index is 10.6. The van der Waals surface area contributed by atoms with Crippen molar-refractivity contribution in [3.63, 3.8) is 0 Å². The smallest absolute Gasteiger partial charge is 0.407 e. The van der Waals surface area contributed by atoms with Crippen molar-refractivity contribution in [2.75, 3.05) is 6.54 Å². The molecule has 0 bridgehead atoms. The lowest BCUT2D eigenvalue weighted by Gasteiger charge is -2.20. The molecule has 1 atom stereocenters. The molecule has 1 heterocycles. The molecular formula is C8H11NO5. The normalized spacial score (nSPS) is 22.4. The van der Waals surface area contributed by atoms with E-state index in [4.69, 9.17) is 10.2 Å². The third-order valence-electron chi connectivity index (χ3n) is 2.11. The topological polar surface area (TPSA) is 98.1 Å². The molecule has 78 valence electrons. The van der Waals surface area contributed by atoms with Gasteiger partial charge in [-0.2, -0.15) is 0 Å². The number of likely N-dealkylation sites (tertiary alicyclic amines) is 1. The number of nitrogens with zero attached hydrogens (tertiary/aromatic N) is 1. The van der Waals surface area contributed by atoms with Gasteiger partial charge in [0, 0.05) is 6.54 Å². The van der Waals surface area contributed by atoms with E-state index in [2.05, 4.69) is 0 Å². The average Bonchev–Trinajstić information content (AvgIpc) is 2.49. The highest BCUT2D eigenvalue weighted by Crippen LogP contribution is 2.22. The van der Waals surface area contributed by atoms with Crippen molar-refractivity contribution in [3.8, 4) is 0 Å². The Bertz CT molecular complexity index is 285. The minimum Gasteiger partial charge on any atom is -0.510 e. The second kappa shape index (κ2) is 3.99. The third-order valence-corrected chi connectivity index (χ3v) is 2.11. The van der Waals surface area contributed by atoms with Crippen molar-refractivity contribution in [1.29, 1.82) is 0 Å². The number of carbonyl (C=O) groups is 2. The number of hydrogen-bond donors (Lipinski definition) is 3. The van der Waals surface area contributed by atoms with Crippen LogP contribution in [0.25, 0.3) is 0 Å². The van der Waals surface area contributed by atoms with Crippen molar-refractivity contribution >= 4 is 12.1 Å². The summed E-state index contributed by atoms with van der Waals surface area (Å²) in [6.45, 7) is 0.331. The maximum atomic E-state index is 10.6. The Hall–Kier alpha value is -1.72. The molecule has 1 amide bonds. The van der Waals surface area contributed by atoms with Crippen LogP contribution >= 0.6 is 0 Å². The van der Waals surface area contributed by atoms with Crippen LogP contribution in [0.2, 0.25) is 0 Å². The molecule has 1 fully saturated rings. The fraction of sp³-hybridized carbons (Fsp3) is 0.500. The monoisotopic (exact) mass is 201 g/mol. The zero-order valence-corrected chi connectivity index (χ0v) is 7.38. The Morgan fingerprint density at radius 1 is 1.29 bits per heavy atom. The molecule has 3 N–H and O–H groups in total. The summed E-state index contributed by atoms with van der Waals surface area (Å²) in [5.74, 6) is -1.68. The molecule has 1 saturated heterocycles. The maximum Gasteiger partial charge on any atom is 0.407 e. The van der Waals surface area contributed by atoms with Gasteiger partial charge in [-0.05, 0) is 12.8 Å². The van der Waals surface area contributed by atoms with Crippen molar-refractivity contribution in [2.24, 2.45) is 0 Å². The molecule has 0 saturated carbocycles. The Labute approximate surface area is 80.1 Å². The summed E-state index contributed by atoms with van der Waals surface area (Å²) in [5, 5.41) is 26.4. The lowest BCUT2D eigenvalue weighted by Crippen LogP contribution is -2.35. The van der Waals surface area contributed by atoms with E-state index in [9.17, 15) is 14.7 Å². The van der Waals surface area contributed by atoms with E-state index in [1.54, 1.807) is 0 Å². The van der Waals surface area contributed by atoms with Crippen LogP contribution in [-0.4, -0.2) is 44.9 Å². The van der Waals surface area contributed by atoms with Crippen LogP contribution in [-0.2, 0) is 4.79 Å². The first kappa shape index (κ1) is 10.4. The van der Waals surface area contributed by atoms with E-state index >= 15 is 0 Å². The lowest BCUT2D eigenvalue weighted by atomic mass is 10.2. The predicted molar refractivity (Wildman–Crippen MR) is 46.1 cm³/mol. The molecular weight excluding hydrogens is 190 g/mol. The van der Waals surface area contributed by atoms with Crippen molar-refractivity contribution < 1.29 is 24.9 Å². The molecule has 1 aliphatic rings. The highest BCUT2D eigenvalue weighted by atomic mass is 16.4. The second-order valence-corrected chi connectivity index (χ2v) is 3.04. The largest absolute Gasteiger partial charge is 0.510 e. The van der Waals surface area contributed by atoms with Gasteiger partial charge in [-0.1, -0.05) is 0 Å². The molecule has 0 aromatic heterocycles. The highest BCUT2D eigenvalue weighted by Gasteiger charge is 2.31. The molecule has 0 spiro atoms. The molecule has 0 aliphatic carbocycles. The van der Waals surface area contributed by atoms with Gasteiger partial charge in [0.15, 0.2) is 0 Å². The summed E-state index contributed by atoms with van der Waals surface area (Å²) in [5.41, 5.74) is 0.